The van der Waals surface area contributed by atoms with Gasteiger partial charge in [-0.15, -0.1) is 0 Å². The molecule has 0 heterocycles. The van der Waals surface area contributed by atoms with E-state index in [0.29, 0.717) is 23.7 Å². The van der Waals surface area contributed by atoms with Crippen molar-refractivity contribution in [1.82, 2.24) is 4.90 Å². The third kappa shape index (κ3) is 6.18. The van der Waals surface area contributed by atoms with Gasteiger partial charge in [0.1, 0.15) is 11.5 Å². The molecule has 0 unspecified atom stereocenters. The van der Waals surface area contributed by atoms with Gasteiger partial charge in [0.2, 0.25) is 11.8 Å². The number of anilines is 1. The van der Waals surface area contributed by atoms with E-state index in [1.165, 1.54) is 14.0 Å². The first-order chi connectivity index (χ1) is 11.0. The summed E-state index contributed by atoms with van der Waals surface area (Å²) < 4.78 is 10.4. The number of unbranched alkanes of at least 4 members (excludes halogenated alkanes) is 2. The smallest absolute Gasteiger partial charge is 0.244 e. The zero-order valence-corrected chi connectivity index (χ0v) is 14.3. The average Bonchev–Trinajstić information content (AvgIpc) is 2.54. The number of ether oxygens (including phenoxy) is 2. The number of rotatable bonds is 9. The topological polar surface area (TPSA) is 67.9 Å². The Morgan fingerprint density at radius 3 is 2.48 bits per heavy atom. The van der Waals surface area contributed by atoms with Gasteiger partial charge in [-0.2, -0.15) is 0 Å². The van der Waals surface area contributed by atoms with Crippen molar-refractivity contribution in [2.75, 3.05) is 32.6 Å². The van der Waals surface area contributed by atoms with Crippen LogP contribution in [0.1, 0.15) is 33.1 Å². The van der Waals surface area contributed by atoms with Crippen LogP contribution in [0.15, 0.2) is 18.2 Å². The lowest BCUT2D eigenvalue weighted by atomic mass is 10.2. The molecular weight excluding hydrogens is 296 g/mol. The second-order valence-electron chi connectivity index (χ2n) is 5.26. The highest BCUT2D eigenvalue weighted by atomic mass is 16.5. The van der Waals surface area contributed by atoms with E-state index in [2.05, 4.69) is 12.2 Å². The molecular formula is C17H26N2O4. The molecule has 1 aromatic carbocycles. The van der Waals surface area contributed by atoms with Gasteiger partial charge in [0.25, 0.3) is 0 Å². The third-order valence-electron chi connectivity index (χ3n) is 3.49. The van der Waals surface area contributed by atoms with Crippen molar-refractivity contribution in [3.05, 3.63) is 18.2 Å². The third-order valence-corrected chi connectivity index (χ3v) is 3.49. The van der Waals surface area contributed by atoms with Crippen molar-refractivity contribution in [2.24, 2.45) is 0 Å². The van der Waals surface area contributed by atoms with Crippen LogP contribution in [-0.2, 0) is 9.59 Å². The second kappa shape index (κ2) is 9.71. The van der Waals surface area contributed by atoms with E-state index in [1.807, 2.05) is 0 Å². The molecule has 23 heavy (non-hydrogen) atoms. The van der Waals surface area contributed by atoms with Crippen LogP contribution in [-0.4, -0.2) is 44.0 Å². The van der Waals surface area contributed by atoms with Gasteiger partial charge in [0.05, 0.1) is 26.5 Å². The number of hydrogen-bond acceptors (Lipinski definition) is 4. The summed E-state index contributed by atoms with van der Waals surface area (Å²) in [5.41, 5.74) is 0.551. The minimum Gasteiger partial charge on any atom is -0.497 e. The molecule has 0 saturated carbocycles. The predicted molar refractivity (Wildman–Crippen MR) is 90.0 cm³/mol. The van der Waals surface area contributed by atoms with E-state index in [0.717, 1.165) is 19.3 Å². The van der Waals surface area contributed by atoms with Gasteiger partial charge in [-0.3, -0.25) is 9.59 Å². The molecule has 0 bridgehead atoms. The van der Waals surface area contributed by atoms with Gasteiger partial charge < -0.3 is 19.7 Å². The SMILES string of the molecule is CCCCCN(CC(=O)Nc1ccc(OC)cc1OC)C(C)=O. The summed E-state index contributed by atoms with van der Waals surface area (Å²) in [5.74, 6) is 0.806. The fourth-order valence-electron chi connectivity index (χ4n) is 2.17. The normalized spacial score (nSPS) is 10.1. The molecule has 0 radical (unpaired) electrons. The Labute approximate surface area is 137 Å². The van der Waals surface area contributed by atoms with Gasteiger partial charge in [0, 0.05) is 19.5 Å². The molecule has 0 saturated heterocycles. The average molecular weight is 322 g/mol. The van der Waals surface area contributed by atoms with Crippen LogP contribution in [0.25, 0.3) is 0 Å². The number of amides is 2. The number of carbonyl (C=O) groups is 2. The van der Waals surface area contributed by atoms with E-state index < -0.39 is 0 Å². The molecule has 0 atom stereocenters. The monoisotopic (exact) mass is 322 g/mol. The van der Waals surface area contributed by atoms with Crippen LogP contribution in [0, 0.1) is 0 Å². The molecule has 0 aromatic heterocycles. The molecule has 6 heteroatoms. The minimum atomic E-state index is -0.250. The number of carbonyl (C=O) groups excluding carboxylic acids is 2. The van der Waals surface area contributed by atoms with E-state index in [9.17, 15) is 9.59 Å². The van der Waals surface area contributed by atoms with Gasteiger partial charge in [-0.25, -0.2) is 0 Å². The first kappa shape index (κ1) is 18.8. The lowest BCUT2D eigenvalue weighted by Crippen LogP contribution is -2.37. The summed E-state index contributed by atoms with van der Waals surface area (Å²) in [6.45, 7) is 4.21. The van der Waals surface area contributed by atoms with Crippen molar-refractivity contribution in [3.8, 4) is 11.5 Å². The molecule has 0 spiro atoms. The summed E-state index contributed by atoms with van der Waals surface area (Å²) in [6, 6.07) is 5.15. The molecule has 2 amide bonds. The van der Waals surface area contributed by atoms with E-state index in [-0.39, 0.29) is 18.4 Å². The standard InChI is InChI=1S/C17H26N2O4/c1-5-6-7-10-19(13(2)20)12-17(21)18-15-9-8-14(22-3)11-16(15)23-4/h8-9,11H,5-7,10,12H2,1-4H3,(H,18,21). The van der Waals surface area contributed by atoms with Crippen LogP contribution >= 0.6 is 0 Å². The van der Waals surface area contributed by atoms with Gasteiger partial charge >= 0.3 is 0 Å². The molecule has 1 N–H and O–H groups in total. The Bertz CT molecular complexity index is 531. The lowest BCUT2D eigenvalue weighted by Gasteiger charge is -2.21. The maximum atomic E-state index is 12.2. The highest BCUT2D eigenvalue weighted by Crippen LogP contribution is 2.28. The molecule has 6 nitrogen and oxygen atoms in total. The van der Waals surface area contributed by atoms with Gasteiger partial charge in [-0.1, -0.05) is 19.8 Å². The van der Waals surface area contributed by atoms with Crippen LogP contribution in [0.5, 0.6) is 11.5 Å². The van der Waals surface area contributed by atoms with Crippen LogP contribution in [0.2, 0.25) is 0 Å². The molecule has 0 aliphatic carbocycles. The van der Waals surface area contributed by atoms with Crippen molar-refractivity contribution in [3.63, 3.8) is 0 Å². The number of benzene rings is 1. The summed E-state index contributed by atoms with van der Waals surface area (Å²) in [4.78, 5) is 25.4. The summed E-state index contributed by atoms with van der Waals surface area (Å²) in [6.07, 6.45) is 3.01. The van der Waals surface area contributed by atoms with E-state index in [4.69, 9.17) is 9.47 Å². The first-order valence-electron chi connectivity index (χ1n) is 7.79. The van der Waals surface area contributed by atoms with Gasteiger partial charge in [0.15, 0.2) is 0 Å². The summed E-state index contributed by atoms with van der Waals surface area (Å²) >= 11 is 0. The Morgan fingerprint density at radius 2 is 1.91 bits per heavy atom. The van der Waals surface area contributed by atoms with E-state index in [1.54, 1.807) is 30.2 Å². The van der Waals surface area contributed by atoms with Crippen LogP contribution < -0.4 is 14.8 Å². The fourth-order valence-corrected chi connectivity index (χ4v) is 2.17. The predicted octanol–water partition coefficient (Wildman–Crippen LogP) is 2.68. The minimum absolute atomic E-state index is 0.0359. The van der Waals surface area contributed by atoms with Crippen LogP contribution in [0.4, 0.5) is 5.69 Å². The second-order valence-corrected chi connectivity index (χ2v) is 5.26. The highest BCUT2D eigenvalue weighted by molar-refractivity contribution is 5.95. The molecule has 1 rings (SSSR count). The van der Waals surface area contributed by atoms with Crippen molar-refractivity contribution in [2.45, 2.75) is 33.1 Å². The summed E-state index contributed by atoms with van der Waals surface area (Å²) in [5, 5.41) is 2.78. The Hall–Kier alpha value is -2.24. The largest absolute Gasteiger partial charge is 0.497 e. The number of nitrogens with one attached hydrogen (secondary N) is 1. The molecule has 0 aliphatic rings. The number of methoxy groups -OCH3 is 2. The quantitative estimate of drug-likeness (QED) is 0.710. The van der Waals surface area contributed by atoms with Crippen molar-refractivity contribution < 1.29 is 19.1 Å². The summed E-state index contributed by atoms with van der Waals surface area (Å²) in [7, 11) is 3.09. The van der Waals surface area contributed by atoms with Crippen molar-refractivity contribution in [1.29, 1.82) is 0 Å². The maximum Gasteiger partial charge on any atom is 0.244 e. The van der Waals surface area contributed by atoms with Crippen LogP contribution in [0.3, 0.4) is 0 Å². The molecule has 1 aromatic rings. The van der Waals surface area contributed by atoms with Gasteiger partial charge in [-0.05, 0) is 18.6 Å². The lowest BCUT2D eigenvalue weighted by molar-refractivity contribution is -0.132. The van der Waals surface area contributed by atoms with E-state index >= 15 is 0 Å². The zero-order chi connectivity index (χ0) is 17.2. The molecule has 0 fully saturated rings. The highest BCUT2D eigenvalue weighted by Gasteiger charge is 2.15. The Balaban J connectivity index is 2.68. The Morgan fingerprint density at radius 1 is 1.17 bits per heavy atom. The number of nitrogens with zero attached hydrogens (tertiary/aromatic N) is 1. The first-order valence-corrected chi connectivity index (χ1v) is 7.79. The fraction of sp³-hybridized carbons (Fsp3) is 0.529. The molecule has 0 aliphatic heterocycles. The zero-order valence-electron chi connectivity index (χ0n) is 14.3. The van der Waals surface area contributed by atoms with Crippen molar-refractivity contribution >= 4 is 17.5 Å². The molecule has 128 valence electrons. The Kier molecular flexibility index (Phi) is 7.94. The number of hydrogen-bond donors (Lipinski definition) is 1. The maximum absolute atomic E-state index is 12.2.